The lowest BCUT2D eigenvalue weighted by Gasteiger charge is -2.36. The molecule has 2 aliphatic heterocycles. The predicted octanol–water partition coefficient (Wildman–Crippen LogP) is 3.32. The van der Waals surface area contributed by atoms with E-state index < -0.39 is 0 Å². The molecule has 2 unspecified atom stereocenters. The number of piperidine rings is 1. The van der Waals surface area contributed by atoms with Crippen LogP contribution in [0.25, 0.3) is 0 Å². The first kappa shape index (κ1) is 24.4. The fourth-order valence-electron chi connectivity index (χ4n) is 4.14. The van der Waals surface area contributed by atoms with Crippen LogP contribution in [0.5, 0.6) is 0 Å². The quantitative estimate of drug-likeness (QED) is 0.335. The summed E-state index contributed by atoms with van der Waals surface area (Å²) in [5.41, 5.74) is 0. The van der Waals surface area contributed by atoms with Crippen LogP contribution >= 0.6 is 35.3 Å². The molecule has 3 heterocycles. The summed E-state index contributed by atoms with van der Waals surface area (Å²) < 4.78 is 0. The second-order valence-electron chi connectivity index (χ2n) is 8.03. The molecule has 0 aromatic carbocycles. The Kier molecular flexibility index (Phi) is 10.2. The van der Waals surface area contributed by atoms with Gasteiger partial charge in [0.25, 0.3) is 0 Å². The maximum Gasteiger partial charge on any atom is 0.222 e. The minimum atomic E-state index is 0. The number of guanidine groups is 1. The van der Waals surface area contributed by atoms with Crippen LogP contribution in [0.15, 0.2) is 22.5 Å². The Morgan fingerprint density at radius 2 is 2.07 bits per heavy atom. The van der Waals surface area contributed by atoms with Crippen LogP contribution in [0.3, 0.4) is 0 Å². The number of hydrogen-bond acceptors (Lipinski definition) is 4. The third-order valence-corrected chi connectivity index (χ3v) is 6.97. The molecule has 29 heavy (non-hydrogen) atoms. The van der Waals surface area contributed by atoms with Gasteiger partial charge in [0.2, 0.25) is 5.91 Å². The molecule has 0 radical (unpaired) electrons. The van der Waals surface area contributed by atoms with Gasteiger partial charge in [0.1, 0.15) is 0 Å². The topological polar surface area (TPSA) is 60.0 Å². The number of hydrogen-bond donors (Lipinski definition) is 2. The highest BCUT2D eigenvalue weighted by Gasteiger charge is 2.28. The number of rotatable bonds is 6. The zero-order valence-corrected chi connectivity index (χ0v) is 21.0. The number of likely N-dealkylation sites (tertiary alicyclic amines) is 2. The van der Waals surface area contributed by atoms with Gasteiger partial charge in [0.05, 0.1) is 6.04 Å². The Bertz CT molecular complexity index is 646. The fourth-order valence-corrected chi connectivity index (χ4v) is 5.00. The molecule has 2 fully saturated rings. The molecule has 2 atom stereocenters. The first-order chi connectivity index (χ1) is 13.6. The van der Waals surface area contributed by atoms with E-state index in [0.717, 1.165) is 51.0 Å². The Morgan fingerprint density at radius 3 is 2.69 bits per heavy atom. The highest BCUT2D eigenvalue weighted by atomic mass is 127. The van der Waals surface area contributed by atoms with Gasteiger partial charge in [-0.3, -0.25) is 14.7 Å². The minimum absolute atomic E-state index is 0. The van der Waals surface area contributed by atoms with Crippen molar-refractivity contribution in [3.8, 4) is 0 Å². The molecular weight excluding hydrogens is 497 g/mol. The maximum atomic E-state index is 11.9. The summed E-state index contributed by atoms with van der Waals surface area (Å²) in [6.45, 7) is 9.06. The zero-order chi connectivity index (χ0) is 19.9. The molecule has 6 nitrogen and oxygen atoms in total. The Balaban J connectivity index is 0.00000300. The Morgan fingerprint density at radius 1 is 1.31 bits per heavy atom. The summed E-state index contributed by atoms with van der Waals surface area (Å²) in [5, 5.41) is 9.23. The fraction of sp³-hybridized carbons (Fsp3) is 0.714. The SMILES string of the molecule is CCC(=O)N1CCC(NC(=NC)NCC(c2cccs2)N2CCC(C)CC2)C1.I. The van der Waals surface area contributed by atoms with Crippen LogP contribution in [0.4, 0.5) is 0 Å². The highest BCUT2D eigenvalue weighted by molar-refractivity contribution is 14.0. The van der Waals surface area contributed by atoms with Crippen LogP contribution < -0.4 is 10.6 Å². The van der Waals surface area contributed by atoms with Gasteiger partial charge in [-0.2, -0.15) is 0 Å². The van der Waals surface area contributed by atoms with Crippen LogP contribution in [0.2, 0.25) is 0 Å². The molecule has 164 valence electrons. The van der Waals surface area contributed by atoms with Gasteiger partial charge < -0.3 is 15.5 Å². The summed E-state index contributed by atoms with van der Waals surface area (Å²) in [4.78, 5) is 22.3. The second kappa shape index (κ2) is 12.1. The number of amides is 1. The van der Waals surface area contributed by atoms with Crippen LogP contribution in [-0.4, -0.2) is 67.5 Å². The van der Waals surface area contributed by atoms with Gasteiger partial charge in [0.15, 0.2) is 5.96 Å². The van der Waals surface area contributed by atoms with Gasteiger partial charge in [-0.15, -0.1) is 35.3 Å². The summed E-state index contributed by atoms with van der Waals surface area (Å²) in [6.07, 6.45) is 4.11. The molecule has 1 amide bonds. The van der Waals surface area contributed by atoms with Gasteiger partial charge in [-0.1, -0.05) is 19.9 Å². The average Bonchev–Trinajstić information content (AvgIpc) is 3.40. The van der Waals surface area contributed by atoms with E-state index in [1.165, 1.54) is 17.7 Å². The molecule has 0 saturated carbocycles. The highest BCUT2D eigenvalue weighted by Crippen LogP contribution is 2.29. The number of halogens is 1. The maximum absolute atomic E-state index is 11.9. The molecule has 0 spiro atoms. The predicted molar refractivity (Wildman–Crippen MR) is 132 cm³/mol. The molecular formula is C21H36IN5OS. The van der Waals surface area contributed by atoms with Crippen molar-refractivity contribution in [3.63, 3.8) is 0 Å². The summed E-state index contributed by atoms with van der Waals surface area (Å²) >= 11 is 1.84. The van der Waals surface area contributed by atoms with Crippen molar-refractivity contribution in [2.45, 2.75) is 51.6 Å². The van der Waals surface area contributed by atoms with E-state index in [1.807, 2.05) is 30.2 Å². The molecule has 3 rings (SSSR count). The Hall–Kier alpha value is -0.870. The third-order valence-electron chi connectivity index (χ3n) is 6.00. The standard InChI is InChI=1S/C21H35N5OS.HI/c1-4-20(27)26-12-9-17(15-26)24-21(22-3)23-14-18(19-6-5-13-28-19)25-10-7-16(2)8-11-25;/h5-6,13,16-18H,4,7-12,14-15H2,1-3H3,(H2,22,23,24);1H. The van der Waals surface area contributed by atoms with Crippen molar-refractivity contribution in [1.82, 2.24) is 20.4 Å². The molecule has 1 aromatic heterocycles. The Labute approximate surface area is 196 Å². The molecule has 1 aromatic rings. The van der Waals surface area contributed by atoms with Gasteiger partial charge in [-0.25, -0.2) is 0 Å². The van der Waals surface area contributed by atoms with Crippen molar-refractivity contribution in [1.29, 1.82) is 0 Å². The molecule has 2 aliphatic rings. The monoisotopic (exact) mass is 533 g/mol. The largest absolute Gasteiger partial charge is 0.354 e. The number of carbonyl (C=O) groups is 1. The van der Waals surface area contributed by atoms with Crippen LogP contribution in [0, 0.1) is 5.92 Å². The van der Waals surface area contributed by atoms with Crippen LogP contribution in [-0.2, 0) is 4.79 Å². The molecule has 2 saturated heterocycles. The van der Waals surface area contributed by atoms with E-state index in [2.05, 4.69) is 45.0 Å². The second-order valence-corrected chi connectivity index (χ2v) is 9.01. The van der Waals surface area contributed by atoms with Gasteiger partial charge >= 0.3 is 0 Å². The molecule has 2 N–H and O–H groups in total. The molecule has 8 heteroatoms. The lowest BCUT2D eigenvalue weighted by Crippen LogP contribution is -2.48. The minimum Gasteiger partial charge on any atom is -0.354 e. The van der Waals surface area contributed by atoms with E-state index in [1.54, 1.807) is 0 Å². The molecule has 0 aliphatic carbocycles. The van der Waals surface area contributed by atoms with Crippen molar-refractivity contribution in [2.75, 3.05) is 39.8 Å². The first-order valence-corrected chi connectivity index (χ1v) is 11.5. The van der Waals surface area contributed by atoms with E-state index in [9.17, 15) is 4.79 Å². The number of aliphatic imine (C=N–C) groups is 1. The number of thiophene rings is 1. The van der Waals surface area contributed by atoms with Gasteiger partial charge in [-0.05, 0) is 49.7 Å². The zero-order valence-electron chi connectivity index (χ0n) is 17.9. The lowest BCUT2D eigenvalue weighted by atomic mass is 9.97. The normalized spacial score (nSPS) is 22.2. The van der Waals surface area contributed by atoms with E-state index in [-0.39, 0.29) is 35.9 Å². The molecule has 0 bridgehead atoms. The van der Waals surface area contributed by atoms with E-state index in [0.29, 0.717) is 12.5 Å². The van der Waals surface area contributed by atoms with Crippen molar-refractivity contribution < 1.29 is 4.79 Å². The third kappa shape index (κ3) is 6.82. The van der Waals surface area contributed by atoms with Crippen LogP contribution in [0.1, 0.15) is 50.4 Å². The number of nitrogens with one attached hydrogen (secondary N) is 2. The number of nitrogens with zero attached hydrogens (tertiary/aromatic N) is 3. The lowest BCUT2D eigenvalue weighted by molar-refractivity contribution is -0.129. The van der Waals surface area contributed by atoms with Crippen molar-refractivity contribution in [3.05, 3.63) is 22.4 Å². The van der Waals surface area contributed by atoms with E-state index in [4.69, 9.17) is 0 Å². The van der Waals surface area contributed by atoms with Gasteiger partial charge in [0, 0.05) is 44.0 Å². The summed E-state index contributed by atoms with van der Waals surface area (Å²) in [6, 6.07) is 5.05. The first-order valence-electron chi connectivity index (χ1n) is 10.6. The number of carbonyl (C=O) groups excluding carboxylic acids is 1. The average molecular weight is 534 g/mol. The summed E-state index contributed by atoms with van der Waals surface area (Å²) in [7, 11) is 1.82. The smallest absolute Gasteiger partial charge is 0.222 e. The van der Waals surface area contributed by atoms with Crippen molar-refractivity contribution >= 4 is 47.2 Å². The van der Waals surface area contributed by atoms with E-state index >= 15 is 0 Å². The van der Waals surface area contributed by atoms with Crippen molar-refractivity contribution in [2.24, 2.45) is 10.9 Å². The summed E-state index contributed by atoms with van der Waals surface area (Å²) in [5.74, 6) is 1.91.